The second-order valence-corrected chi connectivity index (χ2v) is 22.9. The lowest BCUT2D eigenvalue weighted by Gasteiger charge is -2.51. The van der Waals surface area contributed by atoms with Gasteiger partial charge in [-0.3, -0.25) is 19.4 Å². The van der Waals surface area contributed by atoms with E-state index in [0.717, 1.165) is 148 Å². The van der Waals surface area contributed by atoms with Crippen molar-refractivity contribution in [1.29, 1.82) is 0 Å². The van der Waals surface area contributed by atoms with E-state index >= 15 is 0 Å². The van der Waals surface area contributed by atoms with E-state index in [1.165, 1.54) is 24.0 Å². The number of ether oxygens (including phenoxy) is 2. The number of rotatable bonds is 14. The van der Waals surface area contributed by atoms with Gasteiger partial charge in [-0.05, 0) is 76.8 Å². The minimum atomic E-state index is -5.19. The summed E-state index contributed by atoms with van der Waals surface area (Å²) in [6.45, 7) is 14.4. The number of likely N-dealkylation sites (tertiary alicyclic amines) is 2. The van der Waals surface area contributed by atoms with Crippen LogP contribution < -0.4 is 10.2 Å². The molecule has 12 rings (SSSR count). The Hall–Kier alpha value is -6.48. The molecule has 2 unspecified atom stereocenters. The van der Waals surface area contributed by atoms with Crippen molar-refractivity contribution in [1.82, 2.24) is 9.80 Å². The summed E-state index contributed by atoms with van der Waals surface area (Å²) < 4.78 is 77.3. The highest BCUT2D eigenvalue weighted by molar-refractivity contribution is 5.97. The number of aliphatic carboxylic acids is 2. The number of carbonyl (C=O) groups excluding carboxylic acids is 6. The maximum absolute atomic E-state index is 13.7. The molecular weight excluding hydrogens is 1070 g/mol. The van der Waals surface area contributed by atoms with Crippen LogP contribution in [-0.4, -0.2) is 157 Å². The summed E-state index contributed by atoms with van der Waals surface area (Å²) in [5, 5.41) is 17.6. The van der Waals surface area contributed by atoms with Gasteiger partial charge in [0.25, 0.3) is 0 Å². The molecule has 0 N–H and O–H groups in total. The van der Waals surface area contributed by atoms with Gasteiger partial charge < -0.3 is 38.2 Å². The van der Waals surface area contributed by atoms with Gasteiger partial charge in [-0.15, -0.1) is 0 Å². The van der Waals surface area contributed by atoms with Gasteiger partial charge in [0, 0.05) is 48.6 Å². The molecule has 0 amide bonds. The normalized spacial score (nSPS) is 25.0. The predicted octanol–water partition coefficient (Wildman–Crippen LogP) is 7.71. The smallest absolute Gasteiger partial charge is 0.430 e. The lowest BCUT2D eigenvalue weighted by molar-refractivity contribution is -0.938. The zero-order valence-electron chi connectivity index (χ0n) is 46.6. The molecule has 4 bridgehead atoms. The first kappa shape index (κ1) is 63.1. The average Bonchev–Trinajstić information content (AvgIpc) is 3.66. The fraction of sp³-hybridized carbons (Fsp3) is 0.516. The average molecular weight is 1150 g/mol. The minimum absolute atomic E-state index is 0.101. The van der Waals surface area contributed by atoms with Crippen molar-refractivity contribution in [3.63, 3.8) is 0 Å². The number of ketones is 2. The number of nitrogens with zero attached hydrogens (tertiary/aromatic N) is 4. The number of carboxylic acid groups (broad SMARTS) is 2. The fourth-order valence-electron chi connectivity index (χ4n) is 12.5. The molecule has 14 nitrogen and oxygen atoms in total. The summed E-state index contributed by atoms with van der Waals surface area (Å²) in [6.07, 6.45) is 0.487. The number of aryl methyl sites for hydroxylation is 2. The Balaban J connectivity index is 0.000000192. The van der Waals surface area contributed by atoms with E-state index in [1.807, 2.05) is 60.7 Å². The number of quaternary nitrogens is 2. The Bertz CT molecular complexity index is 2570. The minimum Gasteiger partial charge on any atom is -0.542 e. The summed E-state index contributed by atoms with van der Waals surface area (Å²) in [5.41, 5.74) is 6.01. The third-order valence-corrected chi connectivity index (χ3v) is 17.0. The van der Waals surface area contributed by atoms with E-state index in [0.29, 0.717) is 24.9 Å². The predicted molar refractivity (Wildman–Crippen MR) is 287 cm³/mol. The van der Waals surface area contributed by atoms with E-state index in [-0.39, 0.29) is 47.8 Å². The van der Waals surface area contributed by atoms with Gasteiger partial charge in [-0.2, -0.15) is 26.3 Å². The van der Waals surface area contributed by atoms with Gasteiger partial charge in [-0.1, -0.05) is 133 Å². The maximum atomic E-state index is 13.7. The zero-order chi connectivity index (χ0) is 59.2. The van der Waals surface area contributed by atoms with E-state index in [2.05, 4.69) is 72.2 Å². The van der Waals surface area contributed by atoms with Crippen molar-refractivity contribution in [3.05, 3.63) is 143 Å². The van der Waals surface area contributed by atoms with Crippen LogP contribution >= 0.6 is 0 Å². The van der Waals surface area contributed by atoms with Gasteiger partial charge in [-0.25, -0.2) is 9.59 Å². The van der Waals surface area contributed by atoms with Crippen molar-refractivity contribution in [3.8, 4) is 0 Å². The molecule has 0 radical (unpaired) electrons. The van der Waals surface area contributed by atoms with E-state index in [9.17, 15) is 45.5 Å². The maximum Gasteiger partial charge on any atom is 0.430 e. The van der Waals surface area contributed by atoms with Crippen molar-refractivity contribution in [2.45, 2.75) is 115 Å². The van der Waals surface area contributed by atoms with Crippen LogP contribution in [0.25, 0.3) is 0 Å². The third kappa shape index (κ3) is 17.3. The van der Waals surface area contributed by atoms with Crippen LogP contribution in [0.15, 0.2) is 109 Å². The highest BCUT2D eigenvalue weighted by Crippen LogP contribution is 2.39. The van der Waals surface area contributed by atoms with Crippen LogP contribution in [-0.2, 0) is 28.7 Å². The molecule has 444 valence electrons. The van der Waals surface area contributed by atoms with Crippen molar-refractivity contribution in [2.75, 3.05) is 78.5 Å². The second-order valence-electron chi connectivity index (χ2n) is 22.9. The van der Waals surface area contributed by atoms with Gasteiger partial charge in [0.05, 0.1) is 26.2 Å². The number of halogens is 6. The molecule has 4 aromatic rings. The van der Waals surface area contributed by atoms with Crippen molar-refractivity contribution < 1.29 is 83.8 Å². The summed E-state index contributed by atoms with van der Waals surface area (Å²) in [6, 6.07) is 35.2. The van der Waals surface area contributed by atoms with Gasteiger partial charge in [0.2, 0.25) is 11.6 Å². The van der Waals surface area contributed by atoms with Gasteiger partial charge in [0.15, 0.2) is 12.2 Å². The van der Waals surface area contributed by atoms with Crippen LogP contribution in [0.3, 0.4) is 0 Å². The quantitative estimate of drug-likeness (QED) is 0.0522. The van der Waals surface area contributed by atoms with Crippen LogP contribution in [0.1, 0.15) is 119 Å². The first-order chi connectivity index (χ1) is 38.9. The summed E-state index contributed by atoms with van der Waals surface area (Å²) >= 11 is 0. The molecule has 0 saturated carbocycles. The Morgan fingerprint density at radius 1 is 0.488 bits per heavy atom. The van der Waals surface area contributed by atoms with Crippen molar-refractivity contribution in [2.24, 2.45) is 11.8 Å². The number of benzene rings is 4. The number of carboxylic acids is 2. The van der Waals surface area contributed by atoms with Crippen LogP contribution in [0, 0.1) is 25.7 Å². The lowest BCUT2D eigenvalue weighted by Crippen LogP contribution is -2.66. The topological polar surface area (TPSA) is 173 Å². The molecule has 8 heterocycles. The molecule has 20 heteroatoms. The number of alkyl halides is 6. The Morgan fingerprint density at radius 2 is 0.780 bits per heavy atom. The summed E-state index contributed by atoms with van der Waals surface area (Å²) in [4.78, 5) is 75.6. The largest absolute Gasteiger partial charge is 0.542 e. The number of esters is 2. The van der Waals surface area contributed by atoms with Gasteiger partial charge in [0.1, 0.15) is 50.2 Å². The van der Waals surface area contributed by atoms with E-state index < -0.39 is 24.3 Å². The Kier molecular flexibility index (Phi) is 21.7. The van der Waals surface area contributed by atoms with Crippen LogP contribution in [0.5, 0.6) is 0 Å². The highest BCUT2D eigenvalue weighted by atomic mass is 19.4. The number of hydrogen-bond donors (Lipinski definition) is 0. The molecule has 0 aromatic heterocycles. The monoisotopic (exact) mass is 1150 g/mol. The number of hydrogen-bond acceptors (Lipinski definition) is 12. The first-order valence-corrected chi connectivity index (χ1v) is 28.4. The number of fused-ring (bicyclic) bond motifs is 6. The Morgan fingerprint density at radius 3 is 1.06 bits per heavy atom. The third-order valence-electron chi connectivity index (χ3n) is 17.0. The van der Waals surface area contributed by atoms with Crippen molar-refractivity contribution >= 4 is 35.4 Å². The van der Waals surface area contributed by atoms with Crippen LogP contribution in [0.4, 0.5) is 26.3 Å². The molecular formula is C62H74F6N4O10. The summed E-state index contributed by atoms with van der Waals surface area (Å²) in [5.74, 6) is -5.03. The second kappa shape index (κ2) is 28.2. The molecule has 82 heavy (non-hydrogen) atoms. The number of Topliss-reactive ketones (excluding diaryl/α,β-unsaturated/α-hetero) is 2. The standard InChI is InChI=1S/2C29H37N2O3.2C2HF3O2/c2*1-22-10-12-25(13-11-22)28(30-16-6-3-7-17-30)29(33)34-27-21-31(18-14-24(27)15-19-31)20-26(32)23-8-4-2-5-9-23;2*3-2(4,5)1(6)7/h2*2,4-5,8-13,24,27-28H,3,6-7,14-21H2,1H3;2*(H,6,7)/q2*+1;;/p-2/t2*24?,27-,28?,31?;;/m00../s1. The Labute approximate surface area is 475 Å². The van der Waals surface area contributed by atoms with E-state index in [4.69, 9.17) is 29.3 Å². The molecule has 8 aliphatic heterocycles. The lowest BCUT2D eigenvalue weighted by atomic mass is 9.82. The zero-order valence-corrected chi connectivity index (χ0v) is 46.6. The molecule has 4 atom stereocenters. The summed E-state index contributed by atoms with van der Waals surface area (Å²) in [7, 11) is 0. The van der Waals surface area contributed by atoms with Crippen LogP contribution in [0.2, 0.25) is 0 Å². The first-order valence-electron chi connectivity index (χ1n) is 28.4. The number of piperidine rings is 8. The molecule has 0 aliphatic carbocycles. The molecule has 4 aromatic carbocycles. The van der Waals surface area contributed by atoms with E-state index in [1.54, 1.807) is 0 Å². The molecule has 8 saturated heterocycles. The highest BCUT2D eigenvalue weighted by Gasteiger charge is 2.51. The number of carbonyl (C=O) groups is 6. The molecule has 0 spiro atoms. The molecule has 8 fully saturated rings. The van der Waals surface area contributed by atoms with Gasteiger partial charge >= 0.3 is 24.3 Å². The molecule has 8 aliphatic rings. The fourth-order valence-corrected chi connectivity index (χ4v) is 12.5. The SMILES string of the molecule is Cc1ccc(C(C(=O)O[C@H]2C[N+]3(CC(=O)c4ccccc4)CCC2CC3)N2CCCCC2)cc1.Cc1ccc(C(C(=O)O[C@H]2C[N+]3(CC(=O)c4ccccc4)CCC2CC3)N2CCCCC2)cc1.O=C([O-])C(F)(F)F.O=C([O-])C(F)(F)F.